The van der Waals surface area contributed by atoms with Crippen LogP contribution in [0.4, 0.5) is 0 Å². The quantitative estimate of drug-likeness (QED) is 0.819. The Morgan fingerprint density at radius 2 is 2.00 bits per heavy atom. The summed E-state index contributed by atoms with van der Waals surface area (Å²) >= 11 is 6.18. The van der Waals surface area contributed by atoms with Crippen molar-refractivity contribution in [3.63, 3.8) is 0 Å². The van der Waals surface area contributed by atoms with Gasteiger partial charge >= 0.3 is 0 Å². The molecule has 0 radical (unpaired) electrons. The van der Waals surface area contributed by atoms with Crippen LogP contribution in [-0.2, 0) is 4.79 Å². The maximum Gasteiger partial charge on any atom is 0.122 e. The fourth-order valence-corrected chi connectivity index (χ4v) is 2.30. The molecule has 0 saturated heterocycles. The summed E-state index contributed by atoms with van der Waals surface area (Å²) in [6.07, 6.45) is 1.27. The number of carbonyl (C=O) groups excluding carboxylic acids is 1. The van der Waals surface area contributed by atoms with Crippen LogP contribution >= 0.6 is 11.6 Å². The normalized spacial score (nSPS) is 12.8. The van der Waals surface area contributed by atoms with Crippen LogP contribution < -0.4 is 0 Å². The molecule has 0 amide bonds. The first-order valence-corrected chi connectivity index (χ1v) is 6.23. The first-order chi connectivity index (χ1) is 7.90. The molecule has 0 aromatic heterocycles. The van der Waals surface area contributed by atoms with Crippen molar-refractivity contribution in [1.29, 1.82) is 0 Å². The maximum absolute atomic E-state index is 10.6. The molecule has 1 atom stereocenters. The van der Waals surface area contributed by atoms with E-state index in [-0.39, 0.29) is 17.6 Å². The van der Waals surface area contributed by atoms with E-state index in [1.54, 1.807) is 0 Å². The van der Waals surface area contributed by atoms with Gasteiger partial charge in [0.2, 0.25) is 0 Å². The second-order valence-electron chi connectivity index (χ2n) is 4.79. The lowest BCUT2D eigenvalue weighted by atomic mass is 9.88. The van der Waals surface area contributed by atoms with E-state index in [1.807, 2.05) is 33.8 Å². The summed E-state index contributed by atoms with van der Waals surface area (Å²) < 4.78 is 0. The number of aromatic hydroxyl groups is 1. The summed E-state index contributed by atoms with van der Waals surface area (Å²) in [4.78, 5) is 10.6. The van der Waals surface area contributed by atoms with E-state index in [0.717, 1.165) is 23.0 Å². The Bertz CT molecular complexity index is 425. The standard InChI is InChI=1S/C14H19ClO2/c1-8(2)11-7-12(15)10(4)13(14(11)17)9(3)5-6-16/h6-9,17H,5H2,1-4H3. The summed E-state index contributed by atoms with van der Waals surface area (Å²) in [7, 11) is 0. The van der Waals surface area contributed by atoms with Gasteiger partial charge in [-0.25, -0.2) is 0 Å². The molecule has 1 N–H and O–H groups in total. The summed E-state index contributed by atoms with van der Waals surface area (Å²) in [5.41, 5.74) is 2.50. The van der Waals surface area contributed by atoms with E-state index in [9.17, 15) is 9.90 Å². The van der Waals surface area contributed by atoms with Crippen LogP contribution in [0, 0.1) is 6.92 Å². The van der Waals surface area contributed by atoms with Gasteiger partial charge in [-0.05, 0) is 36.0 Å². The van der Waals surface area contributed by atoms with Crippen molar-refractivity contribution in [2.45, 2.75) is 46.0 Å². The van der Waals surface area contributed by atoms with E-state index in [4.69, 9.17) is 11.6 Å². The molecule has 0 heterocycles. The Morgan fingerprint density at radius 1 is 1.41 bits per heavy atom. The zero-order valence-electron chi connectivity index (χ0n) is 10.7. The van der Waals surface area contributed by atoms with Gasteiger partial charge < -0.3 is 9.90 Å². The van der Waals surface area contributed by atoms with Gasteiger partial charge in [0.15, 0.2) is 0 Å². The summed E-state index contributed by atoms with van der Waals surface area (Å²) in [5, 5.41) is 10.9. The van der Waals surface area contributed by atoms with Crippen molar-refractivity contribution >= 4 is 17.9 Å². The first kappa shape index (κ1) is 14.0. The fraction of sp³-hybridized carbons (Fsp3) is 0.500. The Morgan fingerprint density at radius 3 is 2.47 bits per heavy atom. The third-order valence-electron chi connectivity index (χ3n) is 3.14. The molecular weight excluding hydrogens is 236 g/mol. The number of rotatable bonds is 4. The van der Waals surface area contributed by atoms with E-state index in [2.05, 4.69) is 0 Å². The molecule has 1 unspecified atom stereocenters. The molecule has 0 saturated carbocycles. The van der Waals surface area contributed by atoms with Crippen molar-refractivity contribution in [3.05, 3.63) is 27.8 Å². The number of phenolic OH excluding ortho intramolecular Hbond substituents is 1. The van der Waals surface area contributed by atoms with Gasteiger partial charge in [0.25, 0.3) is 0 Å². The number of halogens is 1. The van der Waals surface area contributed by atoms with Crippen molar-refractivity contribution in [2.24, 2.45) is 0 Å². The van der Waals surface area contributed by atoms with Crippen LogP contribution in [0.5, 0.6) is 5.75 Å². The van der Waals surface area contributed by atoms with Crippen molar-refractivity contribution in [2.75, 3.05) is 0 Å². The summed E-state index contributed by atoms with van der Waals surface area (Å²) in [6, 6.07) is 1.81. The van der Waals surface area contributed by atoms with Crippen LogP contribution in [0.15, 0.2) is 6.07 Å². The second-order valence-corrected chi connectivity index (χ2v) is 5.20. The van der Waals surface area contributed by atoms with Crippen molar-refractivity contribution in [1.82, 2.24) is 0 Å². The van der Waals surface area contributed by atoms with Gasteiger partial charge in [-0.3, -0.25) is 0 Å². The zero-order valence-corrected chi connectivity index (χ0v) is 11.5. The molecule has 0 fully saturated rings. The average Bonchev–Trinajstić information content (AvgIpc) is 2.23. The molecule has 0 aliphatic heterocycles. The van der Waals surface area contributed by atoms with Crippen molar-refractivity contribution < 1.29 is 9.90 Å². The van der Waals surface area contributed by atoms with E-state index in [1.165, 1.54) is 0 Å². The number of phenols is 1. The number of aldehydes is 1. The third-order valence-corrected chi connectivity index (χ3v) is 3.53. The largest absolute Gasteiger partial charge is 0.507 e. The van der Waals surface area contributed by atoms with Gasteiger partial charge in [-0.15, -0.1) is 0 Å². The highest BCUT2D eigenvalue weighted by Gasteiger charge is 2.20. The Hall–Kier alpha value is -1.02. The average molecular weight is 255 g/mol. The van der Waals surface area contributed by atoms with Gasteiger partial charge in [0.05, 0.1) is 0 Å². The topological polar surface area (TPSA) is 37.3 Å². The SMILES string of the molecule is Cc1c(Cl)cc(C(C)C)c(O)c1C(C)CC=O. The van der Waals surface area contributed by atoms with Crippen LogP contribution in [0.2, 0.25) is 5.02 Å². The second kappa shape index (κ2) is 5.54. The van der Waals surface area contributed by atoms with E-state index >= 15 is 0 Å². The lowest BCUT2D eigenvalue weighted by Crippen LogP contribution is -2.02. The monoisotopic (exact) mass is 254 g/mol. The minimum absolute atomic E-state index is 0.0105. The molecule has 94 valence electrons. The lowest BCUT2D eigenvalue weighted by molar-refractivity contribution is -0.108. The van der Waals surface area contributed by atoms with Gasteiger partial charge in [-0.1, -0.05) is 32.4 Å². The van der Waals surface area contributed by atoms with Gasteiger partial charge in [0, 0.05) is 17.0 Å². The third kappa shape index (κ3) is 2.81. The molecule has 1 rings (SSSR count). The minimum Gasteiger partial charge on any atom is -0.507 e. The van der Waals surface area contributed by atoms with Crippen LogP contribution in [0.1, 0.15) is 55.7 Å². The fourth-order valence-electron chi connectivity index (χ4n) is 2.08. The Kier molecular flexibility index (Phi) is 4.58. The Balaban J connectivity index is 3.41. The highest BCUT2D eigenvalue weighted by atomic mass is 35.5. The number of hydrogen-bond acceptors (Lipinski definition) is 2. The predicted octanol–water partition coefficient (Wildman–Crippen LogP) is 4.17. The maximum atomic E-state index is 10.6. The van der Waals surface area contributed by atoms with E-state index in [0.29, 0.717) is 11.4 Å². The molecule has 0 aliphatic carbocycles. The Labute approximate surface area is 108 Å². The number of hydrogen-bond donors (Lipinski definition) is 1. The smallest absolute Gasteiger partial charge is 0.122 e. The molecule has 0 aliphatic rings. The highest BCUT2D eigenvalue weighted by molar-refractivity contribution is 6.31. The first-order valence-electron chi connectivity index (χ1n) is 5.85. The number of benzene rings is 1. The lowest BCUT2D eigenvalue weighted by Gasteiger charge is -2.20. The molecule has 2 nitrogen and oxygen atoms in total. The molecule has 0 bridgehead atoms. The molecular formula is C14H19ClO2. The van der Waals surface area contributed by atoms with E-state index < -0.39 is 0 Å². The molecule has 0 spiro atoms. The van der Waals surface area contributed by atoms with Crippen LogP contribution in [0.25, 0.3) is 0 Å². The van der Waals surface area contributed by atoms with Crippen LogP contribution in [-0.4, -0.2) is 11.4 Å². The zero-order chi connectivity index (χ0) is 13.2. The molecule has 1 aromatic carbocycles. The van der Waals surface area contributed by atoms with Gasteiger partial charge in [-0.2, -0.15) is 0 Å². The van der Waals surface area contributed by atoms with Crippen LogP contribution in [0.3, 0.4) is 0 Å². The highest BCUT2D eigenvalue weighted by Crippen LogP contribution is 2.40. The van der Waals surface area contributed by atoms with Gasteiger partial charge in [0.1, 0.15) is 12.0 Å². The predicted molar refractivity (Wildman–Crippen MR) is 71.0 cm³/mol. The van der Waals surface area contributed by atoms with Crippen molar-refractivity contribution in [3.8, 4) is 5.75 Å². The minimum atomic E-state index is -0.0105. The molecule has 3 heteroatoms. The molecule has 17 heavy (non-hydrogen) atoms. The number of carbonyl (C=O) groups is 1. The summed E-state index contributed by atoms with van der Waals surface area (Å²) in [5.74, 6) is 0.482. The summed E-state index contributed by atoms with van der Waals surface area (Å²) in [6.45, 7) is 7.82. The molecule has 1 aromatic rings.